The number of hydrogen-bond acceptors (Lipinski definition) is 4. The number of nitrogens with two attached hydrogens (primary N) is 1. The molecule has 2 aromatic rings. The van der Waals surface area contributed by atoms with Crippen LogP contribution in [0.5, 0.6) is 0 Å². The van der Waals surface area contributed by atoms with E-state index in [2.05, 4.69) is 0 Å². The summed E-state index contributed by atoms with van der Waals surface area (Å²) in [7, 11) is -3.56. The fraction of sp³-hybridized carbons (Fsp3) is 0.267. The normalized spacial score (nSPS) is 19.4. The van der Waals surface area contributed by atoms with Crippen molar-refractivity contribution in [2.45, 2.75) is 17.2 Å². The van der Waals surface area contributed by atoms with E-state index in [1.807, 2.05) is 30.3 Å². The molecule has 1 amide bonds. The molecule has 22 heavy (non-hydrogen) atoms. The summed E-state index contributed by atoms with van der Waals surface area (Å²) in [4.78, 5) is 11.5. The first kappa shape index (κ1) is 15.2. The third kappa shape index (κ3) is 2.79. The van der Waals surface area contributed by atoms with E-state index in [-0.39, 0.29) is 15.7 Å². The van der Waals surface area contributed by atoms with Gasteiger partial charge in [0, 0.05) is 18.5 Å². The van der Waals surface area contributed by atoms with Gasteiger partial charge in [0.1, 0.15) is 0 Å². The van der Waals surface area contributed by atoms with Gasteiger partial charge in [-0.25, -0.2) is 8.42 Å². The average Bonchev–Trinajstić information content (AvgIpc) is 3.18. The summed E-state index contributed by atoms with van der Waals surface area (Å²) in [6, 6.07) is 11.3. The lowest BCUT2D eigenvalue weighted by atomic mass is 9.99. The highest BCUT2D eigenvalue weighted by Gasteiger charge is 2.33. The zero-order chi connectivity index (χ0) is 15.7. The molecule has 1 aliphatic rings. The van der Waals surface area contributed by atoms with E-state index in [4.69, 9.17) is 5.73 Å². The summed E-state index contributed by atoms with van der Waals surface area (Å²) in [6.45, 7) is 0.956. The van der Waals surface area contributed by atoms with E-state index >= 15 is 0 Å². The Morgan fingerprint density at radius 1 is 1.27 bits per heavy atom. The second kappa shape index (κ2) is 5.83. The molecular weight excluding hydrogens is 320 g/mol. The van der Waals surface area contributed by atoms with Gasteiger partial charge in [-0.3, -0.25) is 4.79 Å². The molecule has 1 fully saturated rings. The minimum atomic E-state index is -3.56. The maximum Gasteiger partial charge on any atom is 0.258 e. The maximum atomic E-state index is 12.6. The number of primary amides is 1. The number of amides is 1. The fourth-order valence-electron chi connectivity index (χ4n) is 2.68. The highest BCUT2D eigenvalue weighted by atomic mass is 32.2. The second-order valence-corrected chi connectivity index (χ2v) is 8.12. The van der Waals surface area contributed by atoms with Crippen LogP contribution in [0.15, 0.2) is 46.7 Å². The van der Waals surface area contributed by atoms with Crippen LogP contribution in [0.2, 0.25) is 0 Å². The van der Waals surface area contributed by atoms with Crippen molar-refractivity contribution in [1.82, 2.24) is 4.31 Å². The Kier molecular flexibility index (Phi) is 4.03. The van der Waals surface area contributed by atoms with Crippen molar-refractivity contribution in [3.8, 4) is 0 Å². The lowest BCUT2D eigenvalue weighted by molar-refractivity contribution is 0.100. The molecule has 1 saturated heterocycles. The molecule has 0 aliphatic carbocycles. The van der Waals surface area contributed by atoms with Crippen LogP contribution >= 0.6 is 11.3 Å². The molecule has 3 rings (SSSR count). The minimum absolute atomic E-state index is 0.153. The maximum absolute atomic E-state index is 12.6. The van der Waals surface area contributed by atoms with Crippen LogP contribution in [0, 0.1) is 0 Å². The van der Waals surface area contributed by atoms with Crippen molar-refractivity contribution >= 4 is 27.3 Å². The molecule has 0 saturated carbocycles. The summed E-state index contributed by atoms with van der Waals surface area (Å²) >= 11 is 1.06. The number of thiophene rings is 1. The Hall–Kier alpha value is -1.70. The van der Waals surface area contributed by atoms with Crippen molar-refractivity contribution in [1.29, 1.82) is 0 Å². The van der Waals surface area contributed by atoms with Gasteiger partial charge < -0.3 is 5.73 Å². The first-order valence-electron chi connectivity index (χ1n) is 6.92. The Bertz CT molecular complexity index is 784. The van der Waals surface area contributed by atoms with Crippen molar-refractivity contribution in [3.05, 3.63) is 52.2 Å². The summed E-state index contributed by atoms with van der Waals surface area (Å²) in [5.41, 5.74) is 6.34. The molecular formula is C15H16N2O3S2. The Balaban J connectivity index is 1.80. The van der Waals surface area contributed by atoms with Crippen molar-refractivity contribution in [2.75, 3.05) is 13.1 Å². The fourth-order valence-corrected chi connectivity index (χ4v) is 5.29. The molecule has 1 aromatic heterocycles. The van der Waals surface area contributed by atoms with Crippen molar-refractivity contribution in [3.63, 3.8) is 0 Å². The number of sulfonamides is 1. The van der Waals surface area contributed by atoms with Crippen LogP contribution in [0.1, 0.15) is 27.6 Å². The number of nitrogens with zero attached hydrogens (tertiary/aromatic N) is 1. The van der Waals surface area contributed by atoms with Gasteiger partial charge in [0.05, 0.1) is 9.77 Å². The molecule has 0 radical (unpaired) electrons. The van der Waals surface area contributed by atoms with Crippen LogP contribution in [0.4, 0.5) is 0 Å². The smallest absolute Gasteiger partial charge is 0.258 e. The summed E-state index contributed by atoms with van der Waals surface area (Å²) < 4.78 is 26.7. The third-order valence-corrected chi connectivity index (χ3v) is 6.81. The van der Waals surface area contributed by atoms with Gasteiger partial charge in [-0.1, -0.05) is 30.3 Å². The number of rotatable bonds is 4. The van der Waals surface area contributed by atoms with Crippen LogP contribution in [0.3, 0.4) is 0 Å². The number of carbonyl (C=O) groups is 1. The molecule has 1 aliphatic heterocycles. The van der Waals surface area contributed by atoms with Gasteiger partial charge in [0.25, 0.3) is 5.91 Å². The van der Waals surface area contributed by atoms with Gasteiger partial charge in [-0.05, 0) is 24.0 Å². The lowest BCUT2D eigenvalue weighted by Crippen LogP contribution is -2.28. The standard InChI is InChI=1S/C15H16N2O3S2/c16-15(18)14-8-13(10-21-14)22(19,20)17-7-6-12(9-17)11-4-2-1-3-5-11/h1-5,8,10,12H,6-7,9H2,(H2,16,18)/t12-/m1/s1. The van der Waals surface area contributed by atoms with Gasteiger partial charge in [-0.15, -0.1) is 11.3 Å². The predicted octanol–water partition coefficient (Wildman–Crippen LogP) is 2.03. The molecule has 5 nitrogen and oxygen atoms in total. The van der Waals surface area contributed by atoms with Crippen molar-refractivity contribution in [2.24, 2.45) is 5.73 Å². The largest absolute Gasteiger partial charge is 0.365 e. The molecule has 7 heteroatoms. The van der Waals surface area contributed by atoms with E-state index < -0.39 is 15.9 Å². The van der Waals surface area contributed by atoms with Crippen molar-refractivity contribution < 1.29 is 13.2 Å². The molecule has 1 aromatic carbocycles. The molecule has 2 heterocycles. The van der Waals surface area contributed by atoms with Crippen LogP contribution in [0.25, 0.3) is 0 Å². The van der Waals surface area contributed by atoms with Crippen LogP contribution in [-0.4, -0.2) is 31.7 Å². The molecule has 0 bridgehead atoms. The highest BCUT2D eigenvalue weighted by Crippen LogP contribution is 2.32. The zero-order valence-electron chi connectivity index (χ0n) is 11.8. The number of benzene rings is 1. The SMILES string of the molecule is NC(=O)c1cc(S(=O)(=O)N2CC[C@@H](c3ccccc3)C2)cs1. The van der Waals surface area contributed by atoms with Gasteiger partial charge in [0.2, 0.25) is 10.0 Å². The first-order valence-corrected chi connectivity index (χ1v) is 9.24. The summed E-state index contributed by atoms with van der Waals surface area (Å²) in [6.07, 6.45) is 0.802. The van der Waals surface area contributed by atoms with E-state index in [0.717, 1.165) is 23.3 Å². The van der Waals surface area contributed by atoms with Crippen LogP contribution in [-0.2, 0) is 10.0 Å². The number of carbonyl (C=O) groups excluding carboxylic acids is 1. The Morgan fingerprint density at radius 3 is 2.64 bits per heavy atom. The van der Waals surface area contributed by atoms with E-state index in [9.17, 15) is 13.2 Å². The minimum Gasteiger partial charge on any atom is -0.365 e. The molecule has 0 unspecified atom stereocenters. The predicted molar refractivity (Wildman–Crippen MR) is 85.4 cm³/mol. The van der Waals surface area contributed by atoms with Gasteiger partial charge in [0.15, 0.2) is 0 Å². The van der Waals surface area contributed by atoms with E-state index in [1.165, 1.54) is 15.8 Å². The highest BCUT2D eigenvalue weighted by molar-refractivity contribution is 7.89. The molecule has 0 spiro atoms. The number of hydrogen-bond donors (Lipinski definition) is 1. The first-order chi connectivity index (χ1) is 10.5. The monoisotopic (exact) mass is 336 g/mol. The Morgan fingerprint density at radius 2 is 2.00 bits per heavy atom. The lowest BCUT2D eigenvalue weighted by Gasteiger charge is -2.15. The topological polar surface area (TPSA) is 80.5 Å². The van der Waals surface area contributed by atoms with E-state index in [0.29, 0.717) is 13.1 Å². The quantitative estimate of drug-likeness (QED) is 0.927. The Labute approximate surface area is 133 Å². The summed E-state index contributed by atoms with van der Waals surface area (Å²) in [5, 5.41) is 1.48. The van der Waals surface area contributed by atoms with Gasteiger partial charge in [-0.2, -0.15) is 4.31 Å². The van der Waals surface area contributed by atoms with Crippen LogP contribution < -0.4 is 5.73 Å². The van der Waals surface area contributed by atoms with E-state index in [1.54, 1.807) is 0 Å². The van der Waals surface area contributed by atoms with Gasteiger partial charge >= 0.3 is 0 Å². The zero-order valence-corrected chi connectivity index (χ0v) is 13.4. The second-order valence-electron chi connectivity index (χ2n) is 5.27. The average molecular weight is 336 g/mol. The summed E-state index contributed by atoms with van der Waals surface area (Å²) in [5.74, 6) is -0.389. The molecule has 1 atom stereocenters. The molecule has 2 N–H and O–H groups in total. The molecule has 116 valence electrons. The third-order valence-electron chi connectivity index (χ3n) is 3.88.